The average Bonchev–Trinajstić information content (AvgIpc) is 2.74. The molecule has 1 aliphatic heterocycles. The Morgan fingerprint density at radius 3 is 2.55 bits per heavy atom. The number of nitrogens with zero attached hydrogens (tertiary/aromatic N) is 1. The molecule has 0 N–H and O–H groups in total. The molecule has 1 heterocycles. The molecule has 3 atom stereocenters. The number of hydrogen-bond acceptors (Lipinski definition) is 2. The molecular formula is C25H33NO2S. The SMILES string of the molecule is CCCCC[C@H]1Cc2ccccc2[C@@H]2[C@H]1CCCN2S(=O)(=O)c1ccc(C)cc1. The number of unbranched alkanes of at least 4 members (excludes halogenated alkanes) is 2. The minimum Gasteiger partial charge on any atom is -0.207 e. The highest BCUT2D eigenvalue weighted by Crippen LogP contribution is 2.49. The molecule has 0 aromatic heterocycles. The predicted molar refractivity (Wildman–Crippen MR) is 118 cm³/mol. The monoisotopic (exact) mass is 411 g/mol. The first-order valence-corrected chi connectivity index (χ1v) is 12.6. The molecule has 4 rings (SSSR count). The van der Waals surface area contributed by atoms with Crippen LogP contribution in [0.15, 0.2) is 53.4 Å². The van der Waals surface area contributed by atoms with Crippen LogP contribution in [0.4, 0.5) is 0 Å². The summed E-state index contributed by atoms with van der Waals surface area (Å²) >= 11 is 0. The zero-order chi connectivity index (χ0) is 20.4. The maximum absolute atomic E-state index is 13.7. The number of benzene rings is 2. The van der Waals surface area contributed by atoms with Crippen molar-refractivity contribution in [3.05, 3.63) is 65.2 Å². The molecule has 2 aromatic carbocycles. The second-order valence-corrected chi connectivity index (χ2v) is 10.7. The fourth-order valence-corrected chi connectivity index (χ4v) is 7.09. The van der Waals surface area contributed by atoms with Gasteiger partial charge in [-0.25, -0.2) is 8.42 Å². The smallest absolute Gasteiger partial charge is 0.207 e. The molecule has 0 radical (unpaired) electrons. The molecule has 2 aliphatic rings. The van der Waals surface area contributed by atoms with E-state index in [1.807, 2.05) is 23.4 Å². The summed E-state index contributed by atoms with van der Waals surface area (Å²) in [4.78, 5) is 0.425. The lowest BCUT2D eigenvalue weighted by Gasteiger charge is -2.47. The highest BCUT2D eigenvalue weighted by molar-refractivity contribution is 7.89. The van der Waals surface area contributed by atoms with Crippen LogP contribution in [-0.4, -0.2) is 19.3 Å². The Bertz CT molecular complexity index is 936. The zero-order valence-corrected chi connectivity index (χ0v) is 18.5. The lowest BCUT2D eigenvalue weighted by molar-refractivity contribution is 0.103. The number of sulfonamides is 1. The lowest BCUT2D eigenvalue weighted by Crippen LogP contribution is -2.47. The molecule has 4 heteroatoms. The fourth-order valence-electron chi connectivity index (χ4n) is 5.40. The van der Waals surface area contributed by atoms with Crippen LogP contribution in [-0.2, 0) is 16.4 Å². The first kappa shape index (κ1) is 20.6. The third-order valence-corrected chi connectivity index (χ3v) is 8.79. The van der Waals surface area contributed by atoms with Crippen LogP contribution in [0.3, 0.4) is 0 Å². The lowest BCUT2D eigenvalue weighted by atomic mass is 9.68. The first-order valence-electron chi connectivity index (χ1n) is 11.2. The summed E-state index contributed by atoms with van der Waals surface area (Å²) in [6.45, 7) is 4.86. The highest BCUT2D eigenvalue weighted by Gasteiger charge is 2.45. The van der Waals surface area contributed by atoms with Crippen LogP contribution in [0, 0.1) is 18.8 Å². The Morgan fingerprint density at radius 2 is 1.79 bits per heavy atom. The molecule has 156 valence electrons. The summed E-state index contributed by atoms with van der Waals surface area (Å²) in [5.74, 6) is 1.01. The topological polar surface area (TPSA) is 37.4 Å². The summed E-state index contributed by atoms with van der Waals surface area (Å²) in [5.41, 5.74) is 3.67. The van der Waals surface area contributed by atoms with E-state index in [1.165, 1.54) is 36.8 Å². The molecule has 0 amide bonds. The van der Waals surface area contributed by atoms with E-state index >= 15 is 0 Å². The van der Waals surface area contributed by atoms with Crippen LogP contribution >= 0.6 is 0 Å². The number of fused-ring (bicyclic) bond motifs is 3. The summed E-state index contributed by atoms with van der Waals surface area (Å²) < 4.78 is 29.1. The summed E-state index contributed by atoms with van der Waals surface area (Å²) in [6.07, 6.45) is 8.14. The van der Waals surface area contributed by atoms with Gasteiger partial charge in [-0.2, -0.15) is 4.31 Å². The highest BCUT2D eigenvalue weighted by atomic mass is 32.2. The van der Waals surface area contributed by atoms with Crippen molar-refractivity contribution in [2.75, 3.05) is 6.54 Å². The van der Waals surface area contributed by atoms with Gasteiger partial charge in [0.1, 0.15) is 0 Å². The van der Waals surface area contributed by atoms with Crippen LogP contribution in [0.2, 0.25) is 0 Å². The van der Waals surface area contributed by atoms with Crippen LogP contribution in [0.25, 0.3) is 0 Å². The molecule has 1 fully saturated rings. The van der Waals surface area contributed by atoms with Crippen molar-refractivity contribution in [1.82, 2.24) is 4.31 Å². The van der Waals surface area contributed by atoms with Gasteiger partial charge in [0.05, 0.1) is 10.9 Å². The third-order valence-electron chi connectivity index (χ3n) is 6.90. The molecule has 0 spiro atoms. The van der Waals surface area contributed by atoms with Crippen molar-refractivity contribution in [2.24, 2.45) is 11.8 Å². The number of aryl methyl sites for hydroxylation is 1. The van der Waals surface area contributed by atoms with Crippen LogP contribution in [0.1, 0.15) is 68.2 Å². The van der Waals surface area contributed by atoms with Crippen LogP contribution in [0.5, 0.6) is 0 Å². The van der Waals surface area contributed by atoms with Gasteiger partial charge in [0.15, 0.2) is 0 Å². The van der Waals surface area contributed by atoms with Crippen molar-refractivity contribution in [3.63, 3.8) is 0 Å². The standard InChI is InChI=1S/C25H33NO2S/c1-3-4-5-9-20-18-21-10-6-7-11-23(21)25-24(20)12-8-17-26(25)29(27,28)22-15-13-19(2)14-16-22/h6-7,10-11,13-16,20,24-25H,3-5,8-9,12,17-18H2,1-2H3/t20-,24-,25+/m0/s1. The average molecular weight is 412 g/mol. The minimum atomic E-state index is -3.51. The normalized spacial score (nSPS) is 24.7. The Kier molecular flexibility index (Phi) is 6.12. The van der Waals surface area contributed by atoms with Gasteiger partial charge in [-0.15, -0.1) is 0 Å². The van der Waals surface area contributed by atoms with E-state index in [4.69, 9.17) is 0 Å². The van der Waals surface area contributed by atoms with E-state index in [-0.39, 0.29) is 6.04 Å². The van der Waals surface area contributed by atoms with E-state index in [0.717, 1.165) is 24.8 Å². The van der Waals surface area contributed by atoms with E-state index in [9.17, 15) is 8.42 Å². The second-order valence-electron chi connectivity index (χ2n) is 8.84. The Labute approximate surface area is 176 Å². The Hall–Kier alpha value is -1.65. The third kappa shape index (κ3) is 4.02. The van der Waals surface area contributed by atoms with Crippen molar-refractivity contribution in [1.29, 1.82) is 0 Å². The van der Waals surface area contributed by atoms with Crippen molar-refractivity contribution in [3.8, 4) is 0 Å². The van der Waals surface area contributed by atoms with Gasteiger partial charge >= 0.3 is 0 Å². The molecule has 0 saturated carbocycles. The van der Waals surface area contributed by atoms with Crippen molar-refractivity contribution >= 4 is 10.0 Å². The molecule has 2 aromatic rings. The molecule has 1 aliphatic carbocycles. The van der Waals surface area contributed by atoms with Crippen LogP contribution < -0.4 is 0 Å². The maximum atomic E-state index is 13.7. The van der Waals surface area contributed by atoms with E-state index in [0.29, 0.717) is 23.3 Å². The van der Waals surface area contributed by atoms with E-state index in [2.05, 4.69) is 31.2 Å². The molecular weight excluding hydrogens is 378 g/mol. The summed E-state index contributed by atoms with van der Waals surface area (Å²) in [5, 5.41) is 0. The first-order chi connectivity index (χ1) is 14.0. The molecule has 3 nitrogen and oxygen atoms in total. The second kappa shape index (κ2) is 8.61. The number of hydrogen-bond donors (Lipinski definition) is 0. The minimum absolute atomic E-state index is 0.0216. The molecule has 0 unspecified atom stereocenters. The summed E-state index contributed by atoms with van der Waals surface area (Å²) in [6, 6.07) is 15.9. The molecule has 29 heavy (non-hydrogen) atoms. The predicted octanol–water partition coefficient (Wildman–Crippen LogP) is 5.89. The Balaban J connectivity index is 1.72. The van der Waals surface area contributed by atoms with Gasteiger partial charge in [-0.05, 0) is 67.7 Å². The van der Waals surface area contributed by atoms with Gasteiger partial charge in [-0.3, -0.25) is 0 Å². The van der Waals surface area contributed by atoms with E-state index < -0.39 is 10.0 Å². The van der Waals surface area contributed by atoms with Crippen molar-refractivity contribution < 1.29 is 8.42 Å². The van der Waals surface area contributed by atoms with E-state index in [1.54, 1.807) is 12.1 Å². The van der Waals surface area contributed by atoms with Gasteiger partial charge < -0.3 is 0 Å². The zero-order valence-electron chi connectivity index (χ0n) is 17.7. The molecule has 1 saturated heterocycles. The van der Waals surface area contributed by atoms with Gasteiger partial charge in [-0.1, -0.05) is 68.1 Å². The largest absolute Gasteiger partial charge is 0.243 e. The number of rotatable bonds is 6. The number of piperidine rings is 1. The maximum Gasteiger partial charge on any atom is 0.243 e. The fraction of sp³-hybridized carbons (Fsp3) is 0.520. The van der Waals surface area contributed by atoms with Crippen molar-refractivity contribution in [2.45, 2.75) is 69.7 Å². The molecule has 0 bridgehead atoms. The quantitative estimate of drug-likeness (QED) is 0.556. The Morgan fingerprint density at radius 1 is 1.03 bits per heavy atom. The van der Waals surface area contributed by atoms with Gasteiger partial charge in [0.25, 0.3) is 0 Å². The van der Waals surface area contributed by atoms with Gasteiger partial charge in [0, 0.05) is 6.54 Å². The summed E-state index contributed by atoms with van der Waals surface area (Å²) in [7, 11) is -3.51. The van der Waals surface area contributed by atoms with Gasteiger partial charge in [0.2, 0.25) is 10.0 Å².